The summed E-state index contributed by atoms with van der Waals surface area (Å²) in [5.41, 5.74) is 0. The van der Waals surface area contributed by atoms with Gasteiger partial charge < -0.3 is 18.5 Å². The molecule has 0 amide bonds. The van der Waals surface area contributed by atoms with Crippen molar-refractivity contribution in [2.75, 3.05) is 0 Å². The Balaban J connectivity index is 0. The summed E-state index contributed by atoms with van der Waals surface area (Å²) in [6.45, 7) is 0. The van der Waals surface area contributed by atoms with Crippen LogP contribution in [0.2, 0.25) is 0 Å². The molecule has 0 aromatic carbocycles. The largest absolute Gasteiger partial charge is 0.344 e. The maximum atomic E-state index is 0. The Kier molecular flexibility index (Phi) is 22600. The molecule has 1 unspecified atom stereocenters. The smallest absolute Gasteiger partial charge is 0.153 e. The lowest BCUT2D eigenvalue weighted by Gasteiger charge is -0.345. The second-order valence-electron chi connectivity index (χ2n) is 0. The lowest BCUT2D eigenvalue weighted by atomic mass is 14.0. The Morgan fingerprint density at radius 2 is 0.500 bits per heavy atom. The number of hydrogen-bond acceptors (Lipinski definition) is 3. The first-order valence-corrected chi connectivity index (χ1v) is 0. The molecule has 3 nitrogen and oxygen atoms in total. The van der Waals surface area contributed by atoms with E-state index in [4.69, 9.17) is 0 Å². The van der Waals surface area contributed by atoms with Gasteiger partial charge in [-0.25, -0.2) is 0 Å². The molecule has 4 heteroatoms. The van der Waals surface area contributed by atoms with Crippen molar-refractivity contribution in [1.29, 1.82) is 0 Å². The molecule has 32 valence electrons. The molecule has 1 atom stereocenters. The average molecular weight is 85.1 g/mol. The predicted molar refractivity (Wildman–Crippen MR) is 26.2 cm³/mol. The minimum atomic E-state index is 0. The molecule has 0 aliphatic carbocycles. The lowest BCUT2D eigenvalue weighted by molar-refractivity contribution is 2.13. The maximum Gasteiger partial charge on any atom is -0.153 e. The topological polar surface area (TPSA) is 105 Å². The first kappa shape index (κ1) is 491. The molecule has 0 heterocycles. The Morgan fingerprint density at radius 3 is 0.500 bits per heavy atom. The van der Waals surface area contributed by atoms with Crippen LogP contribution in [-0.2, 0) is 0 Å². The fraction of sp³-hybridized carbons (Fsp3) is 0. The molecule has 0 saturated heterocycles. The first-order chi connectivity index (χ1) is 0. The number of hydrogen-bond donors (Lipinski definition) is 3. The van der Waals surface area contributed by atoms with Gasteiger partial charge in [-0.3, -0.25) is 0 Å². The van der Waals surface area contributed by atoms with Crippen molar-refractivity contribution in [3.05, 3.63) is 0 Å². The van der Waals surface area contributed by atoms with Crippen molar-refractivity contribution < 1.29 is 0 Å². The summed E-state index contributed by atoms with van der Waals surface area (Å²) >= 11 is 0. The van der Waals surface area contributed by atoms with E-state index in [2.05, 4.69) is 0 Å². The van der Waals surface area contributed by atoms with Crippen LogP contribution < -0.4 is 18.5 Å². The second-order valence-corrected chi connectivity index (χ2v) is 0. The van der Waals surface area contributed by atoms with Gasteiger partial charge in [0.05, 0.1) is 0 Å². The predicted octanol–water partition coefficient (Wildman–Crippen LogP) is 0.544. The van der Waals surface area contributed by atoms with Gasteiger partial charge >= 0.3 is 0 Å². The van der Waals surface area contributed by atoms with Gasteiger partial charge in [-0.2, -0.15) is 9.90 Å². The molecule has 0 aromatic rings. The summed E-state index contributed by atoms with van der Waals surface area (Å²) in [6, 6.07) is 0. The van der Waals surface area contributed by atoms with E-state index in [-0.39, 0.29) is 28.4 Å². The van der Waals surface area contributed by atoms with Gasteiger partial charge in [-0.1, -0.05) is 0 Å². The molecule has 0 radical (unpaired) electrons. The van der Waals surface area contributed by atoms with Gasteiger partial charge in [0.1, 0.15) is 0 Å². The fourth-order valence-corrected chi connectivity index (χ4v) is 0. The molecule has 0 aromatic heterocycles. The van der Waals surface area contributed by atoms with Crippen molar-refractivity contribution in [3.8, 4) is 0 Å². The van der Waals surface area contributed by atoms with Crippen molar-refractivity contribution in [2.24, 2.45) is 0 Å². The molecular weight excluding hydrogens is 73.0 g/mol. The van der Waals surface area contributed by atoms with Gasteiger partial charge in [-0.15, -0.1) is 0 Å². The Morgan fingerprint density at radius 1 is 0.500 bits per heavy atom. The third-order valence-corrected chi connectivity index (χ3v) is 0. The molecule has 4 heavy (non-hydrogen) atoms. The van der Waals surface area contributed by atoms with Crippen molar-refractivity contribution in [2.45, 2.75) is 0 Å². The van der Waals surface area contributed by atoms with Gasteiger partial charge in [0.25, 0.3) is 0 Å². The van der Waals surface area contributed by atoms with Crippen molar-refractivity contribution in [3.63, 3.8) is 0 Å². The Hall–Kier alpha value is 0.310. The molecule has 0 saturated carbocycles. The van der Waals surface area contributed by atoms with Crippen molar-refractivity contribution >= 4 is 9.90 Å². The first-order valence-electron chi connectivity index (χ1n) is 0. The van der Waals surface area contributed by atoms with Gasteiger partial charge in [-0.05, 0) is 0 Å². The van der Waals surface area contributed by atoms with E-state index in [9.17, 15) is 0 Å². The van der Waals surface area contributed by atoms with E-state index < -0.39 is 0 Å². The zero-order chi connectivity index (χ0) is 0. The van der Waals surface area contributed by atoms with Gasteiger partial charge in [0.2, 0.25) is 0 Å². The zero-order valence-electron chi connectivity index (χ0n) is 2.83. The lowest BCUT2D eigenvalue weighted by Crippen LogP contribution is -0.482. The van der Waals surface area contributed by atoms with Crippen LogP contribution in [0.3, 0.4) is 0 Å². The van der Waals surface area contributed by atoms with Crippen LogP contribution in [0.1, 0.15) is 0 Å². The Labute approximate surface area is 29.5 Å². The highest BCUT2D eigenvalue weighted by Gasteiger charge is -0.153. The molecular formula is H12N3P. The van der Waals surface area contributed by atoms with Crippen LogP contribution in [0, 0.1) is 0 Å². The monoisotopic (exact) mass is 85.1 g/mol. The normalized spacial score (nSPS) is 0. The second kappa shape index (κ2) is 184. The summed E-state index contributed by atoms with van der Waals surface area (Å²) in [5.74, 6) is 0. The molecule has 0 aliphatic rings. The maximum absolute atomic E-state index is 0. The van der Waals surface area contributed by atoms with Crippen molar-refractivity contribution in [1.82, 2.24) is 18.5 Å². The summed E-state index contributed by atoms with van der Waals surface area (Å²) < 4.78 is 0. The highest BCUT2D eigenvalue weighted by Crippen LogP contribution is 0.861. The third-order valence-electron chi connectivity index (χ3n) is 0. The van der Waals surface area contributed by atoms with Crippen LogP contribution >= 0.6 is 9.90 Å². The minimum absolute atomic E-state index is 0. The highest BCUT2D eigenvalue weighted by atomic mass is 31.0. The molecule has 0 bridgehead atoms. The average Bonchev–Trinajstić information content (AvgIpc) is 0. The summed E-state index contributed by atoms with van der Waals surface area (Å²) in [5, 5.41) is 0. The van der Waals surface area contributed by atoms with E-state index in [0.29, 0.717) is 0 Å². The summed E-state index contributed by atoms with van der Waals surface area (Å²) in [7, 11) is 0. The molecule has 0 spiro atoms. The van der Waals surface area contributed by atoms with Gasteiger partial charge in [0, 0.05) is 0 Å². The summed E-state index contributed by atoms with van der Waals surface area (Å²) in [4.78, 5) is 0. The van der Waals surface area contributed by atoms with E-state index >= 15 is 0 Å². The fourth-order valence-electron chi connectivity index (χ4n) is 0. The zero-order valence-corrected chi connectivity index (χ0v) is 4.24. The highest BCUT2D eigenvalue weighted by molar-refractivity contribution is 6.92. The third kappa shape index (κ3) is 41.3. The molecule has 9 N–H and O–H groups in total. The summed E-state index contributed by atoms with van der Waals surface area (Å²) in [6.07, 6.45) is 0. The van der Waals surface area contributed by atoms with Crippen LogP contribution in [0.5, 0.6) is 0 Å². The van der Waals surface area contributed by atoms with E-state index in [1.165, 1.54) is 0 Å². The van der Waals surface area contributed by atoms with E-state index in [1.54, 1.807) is 0 Å². The van der Waals surface area contributed by atoms with Crippen LogP contribution in [0.4, 0.5) is 0 Å². The van der Waals surface area contributed by atoms with Crippen LogP contribution in [0.25, 0.3) is 0 Å². The molecule has 0 rings (SSSR count). The quantitative estimate of drug-likeness (QED) is 0.374. The van der Waals surface area contributed by atoms with Crippen LogP contribution in [-0.4, -0.2) is 0 Å². The molecule has 0 fully saturated rings. The van der Waals surface area contributed by atoms with E-state index in [0.717, 1.165) is 0 Å². The van der Waals surface area contributed by atoms with E-state index in [1.807, 2.05) is 0 Å². The minimum Gasteiger partial charge on any atom is -0.344 e. The number of rotatable bonds is 0. The molecule has 0 aliphatic heterocycles. The Bertz CT molecular complexity index is 3.25. The standard InChI is InChI=1S/3H3N.H3P/h4*1H3. The van der Waals surface area contributed by atoms with Gasteiger partial charge in [0.15, 0.2) is 0 Å². The SMILES string of the molecule is N.N.N.P. The van der Waals surface area contributed by atoms with Crippen LogP contribution in [0.15, 0.2) is 0 Å².